The number of benzene rings is 1. The summed E-state index contributed by atoms with van der Waals surface area (Å²) in [5, 5.41) is 3.38. The van der Waals surface area contributed by atoms with Crippen LogP contribution in [0.2, 0.25) is 0 Å². The highest BCUT2D eigenvalue weighted by molar-refractivity contribution is 5.92. The van der Waals surface area contributed by atoms with Gasteiger partial charge in [-0.3, -0.25) is 4.79 Å². The molecule has 1 aliphatic heterocycles. The molecule has 2 rings (SSSR count). The molecule has 0 bridgehead atoms. The van der Waals surface area contributed by atoms with Crippen molar-refractivity contribution in [2.24, 2.45) is 0 Å². The molecule has 0 aliphatic carbocycles. The highest BCUT2D eigenvalue weighted by Gasteiger charge is 2.17. The Morgan fingerprint density at radius 3 is 2.68 bits per heavy atom. The van der Waals surface area contributed by atoms with Crippen molar-refractivity contribution >= 4 is 24.0 Å². The molecule has 1 unspecified atom stereocenters. The van der Waals surface area contributed by atoms with E-state index >= 15 is 0 Å². The van der Waals surface area contributed by atoms with Crippen LogP contribution < -0.4 is 10.2 Å². The number of hydrogen-bond acceptors (Lipinski definition) is 2. The van der Waals surface area contributed by atoms with Crippen LogP contribution in [0.3, 0.4) is 0 Å². The van der Waals surface area contributed by atoms with Crippen LogP contribution in [-0.4, -0.2) is 25.5 Å². The molecule has 0 radical (unpaired) electrons. The SMILES string of the molecule is CN(C(=O)CCC1CCCN1)c1ccc(F)cc1.Cl. The number of halogens is 2. The van der Waals surface area contributed by atoms with Crippen molar-refractivity contribution in [3.05, 3.63) is 30.1 Å². The Morgan fingerprint density at radius 1 is 1.42 bits per heavy atom. The lowest BCUT2D eigenvalue weighted by Gasteiger charge is -2.18. The third-order valence-electron chi connectivity index (χ3n) is 3.46. The van der Waals surface area contributed by atoms with E-state index < -0.39 is 0 Å². The number of carbonyl (C=O) groups excluding carboxylic acids is 1. The molecular weight excluding hydrogens is 267 g/mol. The highest BCUT2D eigenvalue weighted by atomic mass is 35.5. The van der Waals surface area contributed by atoms with Crippen molar-refractivity contribution < 1.29 is 9.18 Å². The van der Waals surface area contributed by atoms with Crippen molar-refractivity contribution in [1.29, 1.82) is 0 Å². The first-order chi connectivity index (χ1) is 8.66. The highest BCUT2D eigenvalue weighted by Crippen LogP contribution is 2.16. The van der Waals surface area contributed by atoms with Crippen molar-refractivity contribution in [1.82, 2.24) is 5.32 Å². The minimum atomic E-state index is -0.283. The van der Waals surface area contributed by atoms with Crippen LogP contribution in [0.25, 0.3) is 0 Å². The topological polar surface area (TPSA) is 32.3 Å². The van der Waals surface area contributed by atoms with E-state index in [1.54, 1.807) is 24.1 Å². The summed E-state index contributed by atoms with van der Waals surface area (Å²) in [7, 11) is 1.73. The zero-order chi connectivity index (χ0) is 13.0. The molecular formula is C14H20ClFN2O. The third-order valence-corrected chi connectivity index (χ3v) is 3.46. The summed E-state index contributed by atoms with van der Waals surface area (Å²) in [6.07, 6.45) is 3.77. The molecule has 0 saturated carbocycles. The first-order valence-corrected chi connectivity index (χ1v) is 6.42. The van der Waals surface area contributed by atoms with Gasteiger partial charge >= 0.3 is 0 Å². The molecule has 1 N–H and O–H groups in total. The van der Waals surface area contributed by atoms with Gasteiger partial charge in [-0.15, -0.1) is 12.4 Å². The van der Waals surface area contributed by atoms with E-state index in [9.17, 15) is 9.18 Å². The summed E-state index contributed by atoms with van der Waals surface area (Å²) < 4.78 is 12.8. The van der Waals surface area contributed by atoms with Crippen molar-refractivity contribution in [3.8, 4) is 0 Å². The summed E-state index contributed by atoms with van der Waals surface area (Å²) >= 11 is 0. The maximum absolute atomic E-state index is 12.8. The van der Waals surface area contributed by atoms with Crippen LogP contribution >= 0.6 is 12.4 Å². The van der Waals surface area contributed by atoms with Gasteiger partial charge in [0.2, 0.25) is 5.91 Å². The van der Waals surface area contributed by atoms with Gasteiger partial charge in [0.15, 0.2) is 0 Å². The van der Waals surface area contributed by atoms with Gasteiger partial charge in [0.1, 0.15) is 5.82 Å². The number of anilines is 1. The predicted octanol–water partition coefficient (Wildman–Crippen LogP) is 2.74. The Kier molecular flexibility index (Phi) is 6.25. The van der Waals surface area contributed by atoms with Gasteiger partial charge < -0.3 is 10.2 Å². The average Bonchev–Trinajstić information content (AvgIpc) is 2.89. The lowest BCUT2D eigenvalue weighted by Crippen LogP contribution is -2.29. The monoisotopic (exact) mass is 286 g/mol. The maximum Gasteiger partial charge on any atom is 0.226 e. The Balaban J connectivity index is 0.00000180. The second-order valence-corrected chi connectivity index (χ2v) is 4.76. The first-order valence-electron chi connectivity index (χ1n) is 6.42. The quantitative estimate of drug-likeness (QED) is 0.923. The van der Waals surface area contributed by atoms with Gasteiger partial charge in [-0.2, -0.15) is 0 Å². The van der Waals surface area contributed by atoms with E-state index in [0.29, 0.717) is 12.5 Å². The summed E-state index contributed by atoms with van der Waals surface area (Å²) in [5.74, 6) is -0.204. The smallest absolute Gasteiger partial charge is 0.226 e. The number of nitrogens with one attached hydrogen (secondary N) is 1. The fraction of sp³-hybridized carbons (Fsp3) is 0.500. The number of hydrogen-bond donors (Lipinski definition) is 1. The minimum Gasteiger partial charge on any atom is -0.316 e. The largest absolute Gasteiger partial charge is 0.316 e. The van der Waals surface area contributed by atoms with E-state index in [4.69, 9.17) is 0 Å². The second kappa shape index (κ2) is 7.46. The summed E-state index contributed by atoms with van der Waals surface area (Å²) in [5.41, 5.74) is 0.737. The molecule has 1 amide bonds. The molecule has 1 aromatic carbocycles. The standard InChI is InChI=1S/C14H19FN2O.ClH/c1-17(13-7-4-11(15)5-8-13)14(18)9-6-12-3-2-10-16-12;/h4-5,7-8,12,16H,2-3,6,9-10H2,1H3;1H. The fourth-order valence-electron chi connectivity index (χ4n) is 2.28. The number of carbonyl (C=O) groups is 1. The van der Waals surface area contributed by atoms with Crippen molar-refractivity contribution in [2.75, 3.05) is 18.5 Å². The molecule has 1 saturated heterocycles. The van der Waals surface area contributed by atoms with Gasteiger partial charge in [-0.25, -0.2) is 4.39 Å². The molecule has 1 aliphatic rings. The van der Waals surface area contributed by atoms with E-state index in [1.807, 2.05) is 0 Å². The van der Waals surface area contributed by atoms with Crippen molar-refractivity contribution in [3.63, 3.8) is 0 Å². The Hall–Kier alpha value is -1.13. The normalized spacial score (nSPS) is 17.9. The number of rotatable bonds is 4. The van der Waals surface area contributed by atoms with Crippen LogP contribution in [-0.2, 0) is 4.79 Å². The van der Waals surface area contributed by atoms with Gasteiger partial charge in [0, 0.05) is 25.2 Å². The summed E-state index contributed by atoms with van der Waals surface area (Å²) in [6.45, 7) is 1.06. The molecule has 0 aromatic heterocycles. The second-order valence-electron chi connectivity index (χ2n) is 4.76. The van der Waals surface area contributed by atoms with Crippen LogP contribution in [0.5, 0.6) is 0 Å². The molecule has 3 nitrogen and oxygen atoms in total. The van der Waals surface area contributed by atoms with Crippen LogP contribution in [0, 0.1) is 5.82 Å². The first kappa shape index (κ1) is 15.9. The Morgan fingerprint density at radius 2 is 2.11 bits per heavy atom. The molecule has 106 valence electrons. The molecule has 1 fully saturated rings. The zero-order valence-corrected chi connectivity index (χ0v) is 11.9. The van der Waals surface area contributed by atoms with E-state index in [-0.39, 0.29) is 24.1 Å². The van der Waals surface area contributed by atoms with Gasteiger partial charge in [-0.1, -0.05) is 0 Å². The van der Waals surface area contributed by atoms with Gasteiger partial charge in [0.05, 0.1) is 0 Å². The maximum atomic E-state index is 12.8. The molecule has 1 aromatic rings. The summed E-state index contributed by atoms with van der Waals surface area (Å²) in [4.78, 5) is 13.6. The lowest BCUT2D eigenvalue weighted by atomic mass is 10.1. The zero-order valence-electron chi connectivity index (χ0n) is 11.1. The lowest BCUT2D eigenvalue weighted by molar-refractivity contribution is -0.118. The van der Waals surface area contributed by atoms with Gasteiger partial charge in [0.25, 0.3) is 0 Å². The molecule has 19 heavy (non-hydrogen) atoms. The van der Waals surface area contributed by atoms with Crippen molar-refractivity contribution in [2.45, 2.75) is 31.7 Å². The molecule has 1 heterocycles. The van der Waals surface area contributed by atoms with Gasteiger partial charge in [-0.05, 0) is 50.1 Å². The Labute approximate surface area is 119 Å². The predicted molar refractivity (Wildman–Crippen MR) is 77.3 cm³/mol. The number of amides is 1. The van der Waals surface area contributed by atoms with Crippen LogP contribution in [0.15, 0.2) is 24.3 Å². The van der Waals surface area contributed by atoms with E-state index in [1.165, 1.54) is 18.6 Å². The third kappa shape index (κ3) is 4.48. The Bertz CT molecular complexity index is 404. The fourth-order valence-corrected chi connectivity index (χ4v) is 2.28. The van der Waals surface area contributed by atoms with E-state index in [0.717, 1.165) is 25.1 Å². The van der Waals surface area contributed by atoms with E-state index in [2.05, 4.69) is 5.32 Å². The average molecular weight is 287 g/mol. The summed E-state index contributed by atoms with van der Waals surface area (Å²) in [6, 6.07) is 6.48. The van der Waals surface area contributed by atoms with Crippen LogP contribution in [0.4, 0.5) is 10.1 Å². The number of nitrogens with zero attached hydrogens (tertiary/aromatic N) is 1. The molecule has 1 atom stereocenters. The van der Waals surface area contributed by atoms with Crippen LogP contribution in [0.1, 0.15) is 25.7 Å². The molecule has 0 spiro atoms. The minimum absolute atomic E-state index is 0. The molecule has 5 heteroatoms.